The van der Waals surface area contributed by atoms with E-state index in [9.17, 15) is 4.79 Å². The zero-order valence-electron chi connectivity index (χ0n) is 16.6. The van der Waals surface area contributed by atoms with Crippen molar-refractivity contribution in [1.29, 1.82) is 0 Å². The molecule has 0 aromatic heterocycles. The van der Waals surface area contributed by atoms with Gasteiger partial charge >= 0.3 is 0 Å². The second kappa shape index (κ2) is 7.58. The van der Waals surface area contributed by atoms with E-state index >= 15 is 0 Å². The summed E-state index contributed by atoms with van der Waals surface area (Å²) in [7, 11) is 0. The van der Waals surface area contributed by atoms with E-state index in [0.717, 1.165) is 42.6 Å². The van der Waals surface area contributed by atoms with Crippen molar-refractivity contribution in [3.8, 4) is 0 Å². The first-order valence-electron chi connectivity index (χ1n) is 9.95. The second-order valence-corrected chi connectivity index (χ2v) is 7.64. The van der Waals surface area contributed by atoms with Gasteiger partial charge in [0.05, 0.1) is 0 Å². The van der Waals surface area contributed by atoms with E-state index in [1.807, 2.05) is 54.3 Å². The number of hydrogen-bond donors (Lipinski definition) is 3. The largest absolute Gasteiger partial charge is 0.369 e. The van der Waals surface area contributed by atoms with Crippen LogP contribution in [-0.4, -0.2) is 23.5 Å². The van der Waals surface area contributed by atoms with Crippen molar-refractivity contribution in [2.75, 3.05) is 10.2 Å². The molecule has 7 heteroatoms. The SMILES string of the molecule is Cc1ccccc1NC(=O)c1cccc(N2C(N)=NC(N)=NC23CCCCC3)c1. The molecule has 5 N–H and O–H groups in total. The Morgan fingerprint density at radius 1 is 1.07 bits per heavy atom. The summed E-state index contributed by atoms with van der Waals surface area (Å²) >= 11 is 0. The highest BCUT2D eigenvalue weighted by atomic mass is 16.1. The highest BCUT2D eigenvalue weighted by Gasteiger charge is 2.42. The van der Waals surface area contributed by atoms with E-state index in [1.54, 1.807) is 6.07 Å². The molecule has 4 rings (SSSR count). The number of aliphatic imine (C=N–C) groups is 2. The minimum absolute atomic E-state index is 0.172. The molecule has 0 saturated heterocycles. The zero-order chi connectivity index (χ0) is 20.4. The van der Waals surface area contributed by atoms with Gasteiger partial charge in [0.15, 0.2) is 0 Å². The molecule has 1 saturated carbocycles. The lowest BCUT2D eigenvalue weighted by molar-refractivity contribution is 0.102. The number of carbonyl (C=O) groups is 1. The molecule has 1 amide bonds. The Balaban J connectivity index is 1.66. The molecule has 150 valence electrons. The molecule has 0 atom stereocenters. The number of carbonyl (C=O) groups excluding carboxylic acids is 1. The smallest absolute Gasteiger partial charge is 0.255 e. The standard InChI is InChI=1S/C22H26N6O/c1-15-8-3-4-11-18(15)25-19(29)16-9-7-10-17(14-16)28-21(24)26-20(23)27-22(28)12-5-2-6-13-22/h3-4,7-11,14H,2,5-6,12-13H2,1H3,(H,25,29)(H4,23,24,26,27). The van der Waals surface area contributed by atoms with Crippen molar-refractivity contribution in [2.24, 2.45) is 21.5 Å². The third-order valence-corrected chi connectivity index (χ3v) is 5.61. The monoisotopic (exact) mass is 390 g/mol. The summed E-state index contributed by atoms with van der Waals surface area (Å²) in [5.74, 6) is 0.361. The Kier molecular flexibility index (Phi) is 4.96. The number of hydrogen-bond acceptors (Lipinski definition) is 6. The molecule has 0 unspecified atom stereocenters. The van der Waals surface area contributed by atoms with E-state index in [1.165, 1.54) is 6.42 Å². The lowest BCUT2D eigenvalue weighted by Crippen LogP contribution is -2.58. The first-order chi connectivity index (χ1) is 14.0. The molecule has 7 nitrogen and oxygen atoms in total. The molecular formula is C22H26N6O. The fraction of sp³-hybridized carbons (Fsp3) is 0.318. The maximum absolute atomic E-state index is 12.9. The van der Waals surface area contributed by atoms with Crippen molar-refractivity contribution in [3.63, 3.8) is 0 Å². The normalized spacial score (nSPS) is 18.2. The van der Waals surface area contributed by atoms with Crippen LogP contribution in [0, 0.1) is 6.92 Å². The molecule has 1 spiro atoms. The highest BCUT2D eigenvalue weighted by molar-refractivity contribution is 6.08. The van der Waals surface area contributed by atoms with Gasteiger partial charge in [0.2, 0.25) is 11.9 Å². The van der Waals surface area contributed by atoms with E-state index in [-0.39, 0.29) is 11.9 Å². The molecule has 2 aromatic rings. The highest BCUT2D eigenvalue weighted by Crippen LogP contribution is 2.39. The van der Waals surface area contributed by atoms with Crippen LogP contribution in [0.3, 0.4) is 0 Å². The van der Waals surface area contributed by atoms with Crippen molar-refractivity contribution in [2.45, 2.75) is 44.7 Å². The van der Waals surface area contributed by atoms with Gasteiger partial charge in [-0.15, -0.1) is 0 Å². The predicted molar refractivity (Wildman–Crippen MR) is 117 cm³/mol. The number of nitrogens with two attached hydrogens (primary N) is 2. The molecule has 1 fully saturated rings. The molecule has 2 aromatic carbocycles. The Bertz CT molecular complexity index is 990. The molecule has 1 aliphatic carbocycles. The van der Waals surface area contributed by atoms with Crippen LogP contribution in [0.25, 0.3) is 0 Å². The number of rotatable bonds is 3. The second-order valence-electron chi connectivity index (χ2n) is 7.64. The van der Waals surface area contributed by atoms with Crippen LogP contribution in [0.2, 0.25) is 0 Å². The van der Waals surface area contributed by atoms with Crippen molar-refractivity contribution < 1.29 is 4.79 Å². The van der Waals surface area contributed by atoms with E-state index in [4.69, 9.17) is 11.5 Å². The van der Waals surface area contributed by atoms with Crippen LogP contribution in [0.5, 0.6) is 0 Å². The van der Waals surface area contributed by atoms with Gasteiger partial charge in [0.1, 0.15) is 5.66 Å². The third-order valence-electron chi connectivity index (χ3n) is 5.61. The van der Waals surface area contributed by atoms with E-state index in [0.29, 0.717) is 11.5 Å². The third kappa shape index (κ3) is 3.68. The number of benzene rings is 2. The number of nitrogens with zero attached hydrogens (tertiary/aromatic N) is 3. The fourth-order valence-electron chi connectivity index (χ4n) is 4.19. The number of anilines is 2. The van der Waals surface area contributed by atoms with Gasteiger partial charge in [0, 0.05) is 16.9 Å². The lowest BCUT2D eigenvalue weighted by atomic mass is 9.87. The summed E-state index contributed by atoms with van der Waals surface area (Å²) in [5, 5.41) is 2.98. The summed E-state index contributed by atoms with van der Waals surface area (Å²) in [6.45, 7) is 1.96. The molecule has 29 heavy (non-hydrogen) atoms. The average molecular weight is 390 g/mol. The Labute approximate surface area is 170 Å². The summed E-state index contributed by atoms with van der Waals surface area (Å²) in [6.07, 6.45) is 4.97. The van der Waals surface area contributed by atoms with E-state index < -0.39 is 5.66 Å². The number of para-hydroxylation sites is 1. The Morgan fingerprint density at radius 3 is 2.59 bits per heavy atom. The minimum atomic E-state index is -0.528. The number of aryl methyl sites for hydroxylation is 1. The van der Waals surface area contributed by atoms with E-state index in [2.05, 4.69) is 15.3 Å². The van der Waals surface area contributed by atoms with Gasteiger partial charge in [-0.05, 0) is 62.4 Å². The van der Waals surface area contributed by atoms with Gasteiger partial charge < -0.3 is 16.8 Å². The summed E-state index contributed by atoms with van der Waals surface area (Å²) in [6, 6.07) is 15.1. The Hall–Kier alpha value is -3.35. The quantitative estimate of drug-likeness (QED) is 0.746. The van der Waals surface area contributed by atoms with Gasteiger partial charge in [-0.1, -0.05) is 30.7 Å². The first kappa shape index (κ1) is 19.0. The number of nitrogens with one attached hydrogen (secondary N) is 1. The molecule has 1 heterocycles. The molecule has 0 bridgehead atoms. The Morgan fingerprint density at radius 2 is 1.83 bits per heavy atom. The summed E-state index contributed by atoms with van der Waals surface area (Å²) in [5.41, 5.74) is 14.8. The zero-order valence-corrected chi connectivity index (χ0v) is 16.6. The summed E-state index contributed by atoms with van der Waals surface area (Å²) < 4.78 is 0. The number of guanidine groups is 2. The topological polar surface area (TPSA) is 109 Å². The van der Waals surface area contributed by atoms with Gasteiger partial charge in [-0.2, -0.15) is 4.99 Å². The maximum Gasteiger partial charge on any atom is 0.255 e. The molecule has 1 aliphatic heterocycles. The van der Waals surface area contributed by atoms with Crippen LogP contribution in [0.4, 0.5) is 11.4 Å². The average Bonchev–Trinajstić information content (AvgIpc) is 2.70. The van der Waals surface area contributed by atoms with Crippen LogP contribution >= 0.6 is 0 Å². The molecular weight excluding hydrogens is 364 g/mol. The minimum Gasteiger partial charge on any atom is -0.369 e. The van der Waals surface area contributed by atoms with Crippen LogP contribution in [0.1, 0.15) is 48.0 Å². The van der Waals surface area contributed by atoms with Gasteiger partial charge in [-0.25, -0.2) is 4.99 Å². The van der Waals surface area contributed by atoms with Gasteiger partial charge in [-0.3, -0.25) is 9.69 Å². The molecule has 0 radical (unpaired) electrons. The van der Waals surface area contributed by atoms with Crippen molar-refractivity contribution >= 4 is 29.2 Å². The van der Waals surface area contributed by atoms with Crippen LogP contribution in [-0.2, 0) is 0 Å². The van der Waals surface area contributed by atoms with Crippen LogP contribution in [0.15, 0.2) is 58.5 Å². The fourth-order valence-corrected chi connectivity index (χ4v) is 4.19. The molecule has 2 aliphatic rings. The maximum atomic E-state index is 12.9. The van der Waals surface area contributed by atoms with Crippen molar-refractivity contribution in [3.05, 3.63) is 59.7 Å². The first-order valence-corrected chi connectivity index (χ1v) is 9.95. The van der Waals surface area contributed by atoms with Crippen molar-refractivity contribution in [1.82, 2.24) is 0 Å². The lowest BCUT2D eigenvalue weighted by Gasteiger charge is -2.45. The summed E-state index contributed by atoms with van der Waals surface area (Å²) in [4.78, 5) is 23.7. The number of amides is 1. The van der Waals surface area contributed by atoms with Crippen LogP contribution < -0.4 is 21.7 Å². The van der Waals surface area contributed by atoms with Gasteiger partial charge in [0.25, 0.3) is 5.91 Å². The predicted octanol–water partition coefficient (Wildman–Crippen LogP) is 3.36.